The standard InChI is InChI=1S/C11H15NO5/c1-12-7(6-9(16-2)10(13)14)4-5-8(12)11(15)17-3/h4-5,9H,6H2,1-3H3,(H,13,14). The number of aliphatic carboxylic acids is 1. The van der Waals surface area contributed by atoms with E-state index in [0.717, 1.165) is 0 Å². The highest BCUT2D eigenvalue weighted by Gasteiger charge is 2.20. The predicted octanol–water partition coefficient (Wildman–Crippen LogP) is 0.454. The summed E-state index contributed by atoms with van der Waals surface area (Å²) in [5, 5.41) is 8.86. The zero-order valence-electron chi connectivity index (χ0n) is 9.97. The number of aromatic nitrogens is 1. The fourth-order valence-corrected chi connectivity index (χ4v) is 1.53. The molecular formula is C11H15NO5. The third kappa shape index (κ3) is 2.85. The molecule has 0 aliphatic rings. The maximum Gasteiger partial charge on any atom is 0.354 e. The summed E-state index contributed by atoms with van der Waals surface area (Å²) in [6.45, 7) is 0. The maximum atomic E-state index is 11.3. The Hall–Kier alpha value is -1.82. The Balaban J connectivity index is 2.90. The molecule has 6 nitrogen and oxygen atoms in total. The quantitative estimate of drug-likeness (QED) is 0.757. The van der Waals surface area contributed by atoms with E-state index in [4.69, 9.17) is 9.84 Å². The van der Waals surface area contributed by atoms with Crippen LogP contribution in [0.2, 0.25) is 0 Å². The van der Waals surface area contributed by atoms with Gasteiger partial charge in [0.05, 0.1) is 7.11 Å². The van der Waals surface area contributed by atoms with Crippen LogP contribution in [-0.2, 0) is 27.7 Å². The molecule has 0 spiro atoms. The Morgan fingerprint density at radius 3 is 2.53 bits per heavy atom. The zero-order chi connectivity index (χ0) is 13.0. The number of carboxylic acid groups (broad SMARTS) is 1. The van der Waals surface area contributed by atoms with Gasteiger partial charge in [-0.2, -0.15) is 0 Å². The van der Waals surface area contributed by atoms with Gasteiger partial charge in [0.1, 0.15) is 5.69 Å². The van der Waals surface area contributed by atoms with E-state index in [2.05, 4.69) is 4.74 Å². The number of methoxy groups -OCH3 is 2. The van der Waals surface area contributed by atoms with Gasteiger partial charge in [0.15, 0.2) is 6.10 Å². The molecule has 0 bridgehead atoms. The molecule has 0 saturated heterocycles. The third-order valence-electron chi connectivity index (χ3n) is 2.57. The predicted molar refractivity (Wildman–Crippen MR) is 58.9 cm³/mol. The lowest BCUT2D eigenvalue weighted by Gasteiger charge is -2.11. The van der Waals surface area contributed by atoms with Crippen LogP contribution in [0.5, 0.6) is 0 Å². The van der Waals surface area contributed by atoms with Crippen molar-refractivity contribution in [1.29, 1.82) is 0 Å². The monoisotopic (exact) mass is 241 g/mol. The minimum absolute atomic E-state index is 0.194. The average molecular weight is 241 g/mol. The summed E-state index contributed by atoms with van der Waals surface area (Å²) < 4.78 is 11.0. The average Bonchev–Trinajstić information content (AvgIpc) is 2.66. The Labute approximate surface area is 98.7 Å². The molecule has 0 aromatic carbocycles. The largest absolute Gasteiger partial charge is 0.479 e. The second-order valence-electron chi connectivity index (χ2n) is 3.53. The van der Waals surface area contributed by atoms with Crippen molar-refractivity contribution in [2.45, 2.75) is 12.5 Å². The Morgan fingerprint density at radius 1 is 1.41 bits per heavy atom. The first-order chi connectivity index (χ1) is 8.01. The summed E-state index contributed by atoms with van der Waals surface area (Å²) in [7, 11) is 4.31. The number of carbonyl (C=O) groups is 2. The molecule has 0 amide bonds. The molecule has 17 heavy (non-hydrogen) atoms. The fraction of sp³-hybridized carbons (Fsp3) is 0.455. The van der Waals surface area contributed by atoms with E-state index in [9.17, 15) is 9.59 Å². The summed E-state index contributed by atoms with van der Waals surface area (Å²) in [6.07, 6.45) is -0.728. The molecule has 0 aliphatic heterocycles. The second-order valence-corrected chi connectivity index (χ2v) is 3.53. The van der Waals surface area contributed by atoms with E-state index in [1.165, 1.54) is 14.2 Å². The van der Waals surface area contributed by atoms with Crippen LogP contribution in [-0.4, -0.2) is 41.9 Å². The molecule has 0 radical (unpaired) electrons. The van der Waals surface area contributed by atoms with Crippen LogP contribution in [0.3, 0.4) is 0 Å². The van der Waals surface area contributed by atoms with Gasteiger partial charge in [-0.15, -0.1) is 0 Å². The van der Waals surface area contributed by atoms with Crippen molar-refractivity contribution in [3.63, 3.8) is 0 Å². The molecular weight excluding hydrogens is 226 g/mol. The summed E-state index contributed by atoms with van der Waals surface area (Å²) in [6, 6.07) is 3.27. The van der Waals surface area contributed by atoms with Crippen LogP contribution >= 0.6 is 0 Å². The van der Waals surface area contributed by atoms with E-state index in [1.807, 2.05) is 0 Å². The summed E-state index contributed by atoms with van der Waals surface area (Å²) in [4.78, 5) is 22.2. The number of hydrogen-bond donors (Lipinski definition) is 1. The van der Waals surface area contributed by atoms with Crippen LogP contribution in [0.25, 0.3) is 0 Å². The lowest BCUT2D eigenvalue weighted by atomic mass is 10.2. The number of nitrogens with zero attached hydrogens (tertiary/aromatic N) is 1. The minimum Gasteiger partial charge on any atom is -0.479 e. The van der Waals surface area contributed by atoms with Crippen molar-refractivity contribution in [1.82, 2.24) is 4.57 Å². The molecule has 1 aromatic rings. The fourth-order valence-electron chi connectivity index (χ4n) is 1.53. The second kappa shape index (κ2) is 5.49. The van der Waals surface area contributed by atoms with Crippen LogP contribution in [0.15, 0.2) is 12.1 Å². The molecule has 0 aliphatic carbocycles. The van der Waals surface area contributed by atoms with Gasteiger partial charge in [-0.05, 0) is 12.1 Å². The molecule has 0 fully saturated rings. The summed E-state index contributed by atoms with van der Waals surface area (Å²) >= 11 is 0. The first kappa shape index (κ1) is 13.2. The lowest BCUT2D eigenvalue weighted by Crippen LogP contribution is -2.26. The number of carbonyl (C=O) groups excluding carboxylic acids is 1. The topological polar surface area (TPSA) is 77.8 Å². The molecule has 0 saturated carbocycles. The number of esters is 1. The Bertz CT molecular complexity index is 423. The number of carboxylic acids is 1. The number of ether oxygens (including phenoxy) is 2. The molecule has 1 aromatic heterocycles. The zero-order valence-corrected chi connectivity index (χ0v) is 9.97. The maximum absolute atomic E-state index is 11.3. The normalized spacial score (nSPS) is 12.2. The van der Waals surface area contributed by atoms with E-state index in [-0.39, 0.29) is 6.42 Å². The first-order valence-electron chi connectivity index (χ1n) is 4.99. The van der Waals surface area contributed by atoms with Gasteiger partial charge in [0, 0.05) is 26.3 Å². The third-order valence-corrected chi connectivity index (χ3v) is 2.57. The van der Waals surface area contributed by atoms with E-state index in [0.29, 0.717) is 11.4 Å². The van der Waals surface area contributed by atoms with Gasteiger partial charge >= 0.3 is 11.9 Å². The lowest BCUT2D eigenvalue weighted by molar-refractivity contribution is -0.148. The van der Waals surface area contributed by atoms with Crippen LogP contribution < -0.4 is 0 Å². The molecule has 1 heterocycles. The molecule has 1 unspecified atom stereocenters. The van der Waals surface area contributed by atoms with Gasteiger partial charge < -0.3 is 19.1 Å². The van der Waals surface area contributed by atoms with Crippen molar-refractivity contribution in [3.05, 3.63) is 23.5 Å². The Kier molecular flexibility index (Phi) is 4.28. The van der Waals surface area contributed by atoms with E-state index >= 15 is 0 Å². The van der Waals surface area contributed by atoms with Gasteiger partial charge in [0.25, 0.3) is 0 Å². The number of rotatable bonds is 5. The molecule has 6 heteroatoms. The smallest absolute Gasteiger partial charge is 0.354 e. The van der Waals surface area contributed by atoms with Gasteiger partial charge in [0.2, 0.25) is 0 Å². The highest BCUT2D eigenvalue weighted by molar-refractivity contribution is 5.87. The Morgan fingerprint density at radius 2 is 2.06 bits per heavy atom. The molecule has 94 valence electrons. The van der Waals surface area contributed by atoms with Crippen molar-refractivity contribution in [2.24, 2.45) is 7.05 Å². The van der Waals surface area contributed by atoms with Crippen molar-refractivity contribution >= 4 is 11.9 Å². The van der Waals surface area contributed by atoms with Crippen LogP contribution in [0.1, 0.15) is 16.2 Å². The number of hydrogen-bond acceptors (Lipinski definition) is 4. The van der Waals surface area contributed by atoms with Gasteiger partial charge in [-0.3, -0.25) is 0 Å². The van der Waals surface area contributed by atoms with Gasteiger partial charge in [-0.25, -0.2) is 9.59 Å². The molecule has 1 N–H and O–H groups in total. The van der Waals surface area contributed by atoms with Crippen molar-refractivity contribution in [3.8, 4) is 0 Å². The van der Waals surface area contributed by atoms with E-state index < -0.39 is 18.0 Å². The molecule has 1 atom stereocenters. The van der Waals surface area contributed by atoms with Crippen molar-refractivity contribution < 1.29 is 24.2 Å². The van der Waals surface area contributed by atoms with Crippen molar-refractivity contribution in [2.75, 3.05) is 14.2 Å². The van der Waals surface area contributed by atoms with E-state index in [1.54, 1.807) is 23.7 Å². The highest BCUT2D eigenvalue weighted by atomic mass is 16.5. The minimum atomic E-state index is -1.03. The SMILES string of the molecule is COC(=O)c1ccc(CC(OC)C(=O)O)n1C. The molecule has 1 rings (SSSR count). The first-order valence-corrected chi connectivity index (χ1v) is 4.99. The van der Waals surface area contributed by atoms with Crippen LogP contribution in [0.4, 0.5) is 0 Å². The van der Waals surface area contributed by atoms with Gasteiger partial charge in [-0.1, -0.05) is 0 Å². The summed E-state index contributed by atoms with van der Waals surface area (Å²) in [5.74, 6) is -1.49. The van der Waals surface area contributed by atoms with Crippen LogP contribution in [0, 0.1) is 0 Å². The summed E-state index contributed by atoms with van der Waals surface area (Å²) in [5.41, 5.74) is 1.07. The highest BCUT2D eigenvalue weighted by Crippen LogP contribution is 2.12.